The van der Waals surface area contributed by atoms with Crippen LogP contribution < -0.4 is 5.32 Å². The molecule has 2 rings (SSSR count). The second kappa shape index (κ2) is 6.79. The standard InChI is InChI=1S/C19H25NO3Si/c1-6-16(24(7-2,8-3)9-4)19(18(22)23-5)14-12-10-11-13-15(14)20-17(19)21/h10-13H,1,7-9H2,2-5H3,(H,20,21). The summed E-state index contributed by atoms with van der Waals surface area (Å²) >= 11 is 0. The van der Waals surface area contributed by atoms with Gasteiger partial charge in [0, 0.05) is 11.3 Å². The predicted molar refractivity (Wildman–Crippen MR) is 98.6 cm³/mol. The first-order chi connectivity index (χ1) is 11.5. The lowest BCUT2D eigenvalue weighted by molar-refractivity contribution is -0.148. The van der Waals surface area contributed by atoms with Crippen LogP contribution in [0.15, 0.2) is 41.8 Å². The van der Waals surface area contributed by atoms with Gasteiger partial charge in [-0.3, -0.25) is 9.59 Å². The van der Waals surface area contributed by atoms with Crippen LogP contribution >= 0.6 is 0 Å². The van der Waals surface area contributed by atoms with Crippen LogP contribution in [0, 0.1) is 0 Å². The van der Waals surface area contributed by atoms with Gasteiger partial charge in [0.2, 0.25) is 0 Å². The minimum Gasteiger partial charge on any atom is -0.468 e. The zero-order chi connectivity index (χ0) is 18.0. The molecular formula is C19H25NO3Si. The maximum absolute atomic E-state index is 13.1. The smallest absolute Gasteiger partial charge is 0.330 e. The topological polar surface area (TPSA) is 55.4 Å². The zero-order valence-corrected chi connectivity index (χ0v) is 15.9. The van der Waals surface area contributed by atoms with Crippen LogP contribution in [0.5, 0.6) is 0 Å². The van der Waals surface area contributed by atoms with Crippen LogP contribution in [0.3, 0.4) is 0 Å². The molecule has 24 heavy (non-hydrogen) atoms. The van der Waals surface area contributed by atoms with Crippen molar-refractivity contribution < 1.29 is 14.3 Å². The fraction of sp³-hybridized carbons (Fsp3) is 0.421. The Morgan fingerprint density at radius 3 is 2.33 bits per heavy atom. The summed E-state index contributed by atoms with van der Waals surface area (Å²) in [5.74, 6) is -0.905. The zero-order valence-electron chi connectivity index (χ0n) is 14.9. The number of benzene rings is 1. The third-order valence-electron chi connectivity index (χ3n) is 5.52. The van der Waals surface area contributed by atoms with Gasteiger partial charge >= 0.3 is 5.97 Å². The Labute approximate surface area is 144 Å². The number of anilines is 1. The van der Waals surface area contributed by atoms with E-state index in [1.807, 2.05) is 24.3 Å². The van der Waals surface area contributed by atoms with Crippen molar-refractivity contribution in [1.29, 1.82) is 0 Å². The highest BCUT2D eigenvalue weighted by molar-refractivity contribution is 6.87. The lowest BCUT2D eigenvalue weighted by atomic mass is 9.81. The van der Waals surface area contributed by atoms with Gasteiger partial charge in [-0.2, -0.15) is 0 Å². The highest BCUT2D eigenvalue weighted by atomic mass is 28.3. The SMILES string of the molecule is C=C=C(C1(C(=O)OC)C(=O)Nc2ccccc21)[Si](CC)(CC)CC. The van der Waals surface area contributed by atoms with Gasteiger partial charge in [-0.15, -0.1) is 5.73 Å². The van der Waals surface area contributed by atoms with E-state index >= 15 is 0 Å². The molecule has 128 valence electrons. The Balaban J connectivity index is 2.87. The molecule has 0 saturated carbocycles. The number of fused-ring (bicyclic) bond motifs is 1. The molecule has 0 fully saturated rings. The predicted octanol–water partition coefficient (Wildman–Crippen LogP) is 3.81. The van der Waals surface area contributed by atoms with E-state index in [1.54, 1.807) is 0 Å². The summed E-state index contributed by atoms with van der Waals surface area (Å²) in [5.41, 5.74) is 2.89. The molecule has 0 saturated heterocycles. The molecule has 1 aromatic rings. The van der Waals surface area contributed by atoms with E-state index in [2.05, 4.69) is 38.4 Å². The van der Waals surface area contributed by atoms with Crippen molar-refractivity contribution in [2.24, 2.45) is 0 Å². The van der Waals surface area contributed by atoms with Crippen LogP contribution in [-0.2, 0) is 19.7 Å². The summed E-state index contributed by atoms with van der Waals surface area (Å²) in [7, 11) is -0.767. The minimum atomic E-state index is -2.09. The van der Waals surface area contributed by atoms with Gasteiger partial charge in [0.05, 0.1) is 15.2 Å². The largest absolute Gasteiger partial charge is 0.468 e. The Morgan fingerprint density at radius 1 is 1.25 bits per heavy atom. The first-order valence-corrected chi connectivity index (χ1v) is 11.0. The molecule has 1 amide bonds. The normalized spacial score (nSPS) is 19.2. The highest BCUT2D eigenvalue weighted by Gasteiger charge is 2.60. The van der Waals surface area contributed by atoms with Gasteiger partial charge in [-0.25, -0.2) is 0 Å². The fourth-order valence-corrected chi connectivity index (χ4v) is 8.04. The number of amides is 1. The molecule has 4 nitrogen and oxygen atoms in total. The molecule has 1 N–H and O–H groups in total. The monoisotopic (exact) mass is 343 g/mol. The van der Waals surface area contributed by atoms with E-state index in [1.165, 1.54) is 7.11 Å². The third-order valence-corrected chi connectivity index (χ3v) is 11.2. The summed E-state index contributed by atoms with van der Waals surface area (Å²) < 4.78 is 5.11. The molecule has 0 aromatic heterocycles. The Morgan fingerprint density at radius 2 is 1.83 bits per heavy atom. The van der Waals surface area contributed by atoms with E-state index in [9.17, 15) is 9.59 Å². The van der Waals surface area contributed by atoms with Gasteiger partial charge in [0.15, 0.2) is 5.41 Å². The molecule has 1 aliphatic rings. The van der Waals surface area contributed by atoms with Crippen LogP contribution in [0.4, 0.5) is 5.69 Å². The van der Waals surface area contributed by atoms with Gasteiger partial charge in [-0.1, -0.05) is 63.7 Å². The quantitative estimate of drug-likeness (QED) is 0.370. The van der Waals surface area contributed by atoms with E-state index in [0.717, 1.165) is 23.3 Å². The maximum atomic E-state index is 13.1. The van der Waals surface area contributed by atoms with Crippen LogP contribution in [0.2, 0.25) is 18.1 Å². The number of nitrogens with one attached hydrogen (secondary N) is 1. The second-order valence-corrected chi connectivity index (χ2v) is 11.3. The molecule has 1 heterocycles. The Hall–Kier alpha value is -2.10. The van der Waals surface area contributed by atoms with Crippen molar-refractivity contribution in [3.63, 3.8) is 0 Å². The van der Waals surface area contributed by atoms with Gasteiger partial charge in [-0.05, 0) is 11.3 Å². The molecule has 1 atom stereocenters. The summed E-state index contributed by atoms with van der Waals surface area (Å²) in [6.45, 7) is 10.2. The number of carbonyl (C=O) groups is 2. The van der Waals surface area contributed by atoms with Crippen molar-refractivity contribution in [3.8, 4) is 0 Å². The number of methoxy groups -OCH3 is 1. The molecule has 1 aromatic carbocycles. The van der Waals surface area contributed by atoms with Crippen LogP contribution in [0.25, 0.3) is 0 Å². The van der Waals surface area contributed by atoms with Crippen molar-refractivity contribution in [3.05, 3.63) is 47.3 Å². The summed E-state index contributed by atoms with van der Waals surface area (Å²) in [4.78, 5) is 26.0. The summed E-state index contributed by atoms with van der Waals surface area (Å²) in [5, 5.41) is 3.60. The third kappa shape index (κ3) is 2.27. The van der Waals surface area contributed by atoms with Crippen molar-refractivity contribution >= 4 is 25.6 Å². The molecule has 0 bridgehead atoms. The van der Waals surface area contributed by atoms with Crippen molar-refractivity contribution in [1.82, 2.24) is 0 Å². The number of carbonyl (C=O) groups excluding carboxylic acids is 2. The Bertz CT molecular complexity index is 699. The first-order valence-electron chi connectivity index (χ1n) is 8.38. The van der Waals surface area contributed by atoms with Crippen LogP contribution in [-0.4, -0.2) is 27.1 Å². The molecule has 0 aliphatic carbocycles. The number of para-hydroxylation sites is 1. The number of hydrogen-bond acceptors (Lipinski definition) is 3. The van der Waals surface area contributed by atoms with E-state index < -0.39 is 19.5 Å². The first kappa shape index (κ1) is 18.2. The number of ether oxygens (including phenoxy) is 1. The fourth-order valence-electron chi connectivity index (χ4n) is 3.96. The minimum absolute atomic E-state index is 0.353. The molecule has 1 unspecified atom stereocenters. The summed E-state index contributed by atoms with van der Waals surface area (Å²) in [6, 6.07) is 10.1. The number of rotatable bonds is 6. The van der Waals surface area contributed by atoms with Gasteiger partial charge in [0.25, 0.3) is 5.91 Å². The average Bonchev–Trinajstić information content (AvgIpc) is 2.92. The lowest BCUT2D eigenvalue weighted by Gasteiger charge is -2.38. The molecule has 0 spiro atoms. The number of esters is 1. The van der Waals surface area contributed by atoms with E-state index in [4.69, 9.17) is 4.74 Å². The molecule has 1 aliphatic heterocycles. The Kier molecular flexibility index (Phi) is 5.16. The highest BCUT2D eigenvalue weighted by Crippen LogP contribution is 2.48. The molecular weight excluding hydrogens is 318 g/mol. The van der Waals surface area contributed by atoms with Crippen molar-refractivity contribution in [2.45, 2.75) is 44.3 Å². The van der Waals surface area contributed by atoms with E-state index in [0.29, 0.717) is 11.3 Å². The van der Waals surface area contributed by atoms with Crippen LogP contribution in [0.1, 0.15) is 26.3 Å². The van der Waals surface area contributed by atoms with E-state index in [-0.39, 0.29) is 5.91 Å². The maximum Gasteiger partial charge on any atom is 0.330 e. The summed E-state index contributed by atoms with van der Waals surface area (Å²) in [6.07, 6.45) is 0. The van der Waals surface area contributed by atoms with Gasteiger partial charge in [0.1, 0.15) is 0 Å². The molecule has 5 heteroatoms. The van der Waals surface area contributed by atoms with Crippen molar-refractivity contribution in [2.75, 3.05) is 12.4 Å². The average molecular weight is 343 g/mol. The number of hydrogen-bond donors (Lipinski definition) is 1. The van der Waals surface area contributed by atoms with Gasteiger partial charge < -0.3 is 10.1 Å². The molecule has 0 radical (unpaired) electrons. The lowest BCUT2D eigenvalue weighted by Crippen LogP contribution is -2.53. The second-order valence-electron chi connectivity index (χ2n) is 6.13.